The Kier molecular flexibility index (Phi) is 6.56. The van der Waals surface area contributed by atoms with Crippen molar-refractivity contribution in [2.75, 3.05) is 11.9 Å². The Hall–Kier alpha value is -2.56. The molecule has 0 aliphatic rings. The largest absolute Gasteiger partial charge is 0.354 e. The molecule has 1 aromatic heterocycles. The van der Waals surface area contributed by atoms with Gasteiger partial charge in [0.05, 0.1) is 19.0 Å². The van der Waals surface area contributed by atoms with Crippen molar-refractivity contribution in [3.05, 3.63) is 11.8 Å². The molecule has 0 saturated heterocycles. The zero-order valence-electron chi connectivity index (χ0n) is 15.9. The SMILES string of the molecule is Cc1cc(NC(=O)NC(C)(C)C(=O)NCC(C)(C)C)nn1CCC#N. The van der Waals surface area contributed by atoms with Crippen LogP contribution in [0.1, 0.15) is 46.7 Å². The molecule has 0 saturated carbocycles. The van der Waals surface area contributed by atoms with E-state index in [4.69, 9.17) is 5.26 Å². The van der Waals surface area contributed by atoms with E-state index in [-0.39, 0.29) is 11.3 Å². The maximum Gasteiger partial charge on any atom is 0.321 e. The van der Waals surface area contributed by atoms with Gasteiger partial charge in [-0.15, -0.1) is 0 Å². The van der Waals surface area contributed by atoms with Gasteiger partial charge < -0.3 is 10.6 Å². The molecule has 138 valence electrons. The van der Waals surface area contributed by atoms with Crippen LogP contribution in [0.4, 0.5) is 10.6 Å². The molecule has 25 heavy (non-hydrogen) atoms. The average Bonchev–Trinajstić information content (AvgIpc) is 2.80. The van der Waals surface area contributed by atoms with Crippen molar-refractivity contribution in [3.8, 4) is 6.07 Å². The smallest absolute Gasteiger partial charge is 0.321 e. The molecule has 8 nitrogen and oxygen atoms in total. The van der Waals surface area contributed by atoms with Crippen LogP contribution < -0.4 is 16.0 Å². The lowest BCUT2D eigenvalue weighted by molar-refractivity contribution is -0.126. The first-order valence-corrected chi connectivity index (χ1v) is 8.23. The highest BCUT2D eigenvalue weighted by atomic mass is 16.2. The normalized spacial score (nSPS) is 11.6. The molecular formula is C17H28N6O2. The molecule has 3 N–H and O–H groups in total. The molecule has 0 aromatic carbocycles. The highest BCUT2D eigenvalue weighted by molar-refractivity contribution is 5.95. The monoisotopic (exact) mass is 348 g/mol. The van der Waals surface area contributed by atoms with Crippen molar-refractivity contribution in [3.63, 3.8) is 0 Å². The minimum Gasteiger partial charge on any atom is -0.354 e. The van der Waals surface area contributed by atoms with Gasteiger partial charge in [0.1, 0.15) is 5.54 Å². The molecule has 0 aliphatic carbocycles. The van der Waals surface area contributed by atoms with Crippen molar-refractivity contribution in [1.82, 2.24) is 20.4 Å². The number of aromatic nitrogens is 2. The van der Waals surface area contributed by atoms with E-state index in [1.54, 1.807) is 24.6 Å². The number of anilines is 1. The predicted molar refractivity (Wildman–Crippen MR) is 95.9 cm³/mol. The molecule has 0 radical (unpaired) electrons. The summed E-state index contributed by atoms with van der Waals surface area (Å²) in [6, 6.07) is 3.25. The van der Waals surface area contributed by atoms with Crippen LogP contribution in [0.3, 0.4) is 0 Å². The molecule has 0 unspecified atom stereocenters. The minimum absolute atomic E-state index is 0.0399. The van der Waals surface area contributed by atoms with Gasteiger partial charge in [0, 0.05) is 18.3 Å². The maximum absolute atomic E-state index is 12.3. The van der Waals surface area contributed by atoms with Gasteiger partial charge in [-0.3, -0.25) is 14.8 Å². The van der Waals surface area contributed by atoms with Crippen LogP contribution >= 0.6 is 0 Å². The Morgan fingerprint density at radius 2 is 1.92 bits per heavy atom. The van der Waals surface area contributed by atoms with Crippen LogP contribution in [-0.2, 0) is 11.3 Å². The van der Waals surface area contributed by atoms with E-state index in [9.17, 15) is 9.59 Å². The molecule has 0 bridgehead atoms. The third-order valence-corrected chi connectivity index (χ3v) is 3.43. The highest BCUT2D eigenvalue weighted by Crippen LogP contribution is 2.12. The number of urea groups is 1. The van der Waals surface area contributed by atoms with E-state index >= 15 is 0 Å². The zero-order valence-corrected chi connectivity index (χ0v) is 15.9. The predicted octanol–water partition coefficient (Wildman–Crippen LogP) is 2.17. The summed E-state index contributed by atoms with van der Waals surface area (Å²) in [4.78, 5) is 24.4. The van der Waals surface area contributed by atoms with E-state index in [1.807, 2.05) is 27.7 Å². The van der Waals surface area contributed by atoms with Gasteiger partial charge in [-0.2, -0.15) is 10.4 Å². The van der Waals surface area contributed by atoms with E-state index in [0.717, 1.165) is 5.69 Å². The summed E-state index contributed by atoms with van der Waals surface area (Å²) in [5.41, 5.74) is -0.261. The topological polar surface area (TPSA) is 112 Å². The van der Waals surface area contributed by atoms with Crippen LogP contribution in [0.15, 0.2) is 6.07 Å². The summed E-state index contributed by atoms with van der Waals surface area (Å²) >= 11 is 0. The van der Waals surface area contributed by atoms with E-state index < -0.39 is 11.6 Å². The van der Waals surface area contributed by atoms with Crippen molar-refractivity contribution in [2.24, 2.45) is 5.41 Å². The van der Waals surface area contributed by atoms with E-state index in [1.165, 1.54) is 0 Å². The molecular weight excluding hydrogens is 320 g/mol. The summed E-state index contributed by atoms with van der Waals surface area (Å²) in [7, 11) is 0. The molecule has 0 fully saturated rings. The van der Waals surface area contributed by atoms with Gasteiger partial charge >= 0.3 is 6.03 Å². The fourth-order valence-corrected chi connectivity index (χ4v) is 2.01. The number of aryl methyl sites for hydroxylation is 2. The summed E-state index contributed by atoms with van der Waals surface area (Å²) in [5.74, 6) is 0.118. The number of nitrogens with one attached hydrogen (secondary N) is 3. The second kappa shape index (κ2) is 8.01. The lowest BCUT2D eigenvalue weighted by Gasteiger charge is -2.27. The fourth-order valence-electron chi connectivity index (χ4n) is 2.01. The Bertz CT molecular complexity index is 664. The number of amides is 3. The Balaban J connectivity index is 2.63. The van der Waals surface area contributed by atoms with Crippen molar-refractivity contribution >= 4 is 17.8 Å². The highest BCUT2D eigenvalue weighted by Gasteiger charge is 2.30. The average molecular weight is 348 g/mol. The quantitative estimate of drug-likeness (QED) is 0.731. The molecule has 0 aliphatic heterocycles. The molecule has 8 heteroatoms. The van der Waals surface area contributed by atoms with Gasteiger partial charge in [0.15, 0.2) is 5.82 Å². The number of nitriles is 1. The Morgan fingerprint density at radius 3 is 2.48 bits per heavy atom. The first-order valence-electron chi connectivity index (χ1n) is 8.23. The summed E-state index contributed by atoms with van der Waals surface area (Å²) in [6.07, 6.45) is 0.342. The van der Waals surface area contributed by atoms with Gasteiger partial charge in [-0.25, -0.2) is 4.79 Å². The van der Waals surface area contributed by atoms with Crippen LogP contribution in [0.5, 0.6) is 0 Å². The number of carbonyl (C=O) groups is 2. The minimum atomic E-state index is -1.06. The summed E-state index contributed by atoms with van der Waals surface area (Å²) in [5, 5.41) is 21.0. The van der Waals surface area contributed by atoms with Gasteiger partial charge in [-0.05, 0) is 26.2 Å². The standard InChI is InChI=1S/C17H28N6O2/c1-12-10-13(22-23(12)9-7-8-18)20-15(25)21-17(5,6)14(24)19-11-16(2,3)4/h10H,7,9,11H2,1-6H3,(H,19,24)(H2,20,21,22,25). The third kappa shape index (κ3) is 6.83. The lowest BCUT2D eigenvalue weighted by Crippen LogP contribution is -2.56. The first kappa shape index (κ1) is 20.5. The van der Waals surface area contributed by atoms with Crippen molar-refractivity contribution in [1.29, 1.82) is 5.26 Å². The molecule has 0 spiro atoms. The lowest BCUT2D eigenvalue weighted by atomic mass is 9.96. The third-order valence-electron chi connectivity index (χ3n) is 3.43. The second-order valence-electron chi connectivity index (χ2n) is 7.75. The molecule has 1 aromatic rings. The number of rotatable bonds is 6. The maximum atomic E-state index is 12.3. The van der Waals surface area contributed by atoms with Gasteiger partial charge in [-0.1, -0.05) is 20.8 Å². The summed E-state index contributed by atoms with van der Waals surface area (Å²) < 4.78 is 1.65. The van der Waals surface area contributed by atoms with Crippen molar-refractivity contribution < 1.29 is 9.59 Å². The number of carbonyl (C=O) groups excluding carboxylic acids is 2. The van der Waals surface area contributed by atoms with E-state index in [0.29, 0.717) is 25.3 Å². The summed E-state index contributed by atoms with van der Waals surface area (Å²) in [6.45, 7) is 12.2. The van der Waals surface area contributed by atoms with Crippen LogP contribution in [0, 0.1) is 23.7 Å². The van der Waals surface area contributed by atoms with Crippen LogP contribution in [-0.4, -0.2) is 33.8 Å². The van der Waals surface area contributed by atoms with Gasteiger partial charge in [0.25, 0.3) is 0 Å². The molecule has 0 atom stereocenters. The Morgan fingerprint density at radius 1 is 1.28 bits per heavy atom. The zero-order chi connectivity index (χ0) is 19.3. The molecule has 1 heterocycles. The number of hydrogen-bond acceptors (Lipinski definition) is 4. The van der Waals surface area contributed by atoms with Crippen molar-refractivity contribution in [2.45, 2.75) is 60.0 Å². The molecule has 1 rings (SSSR count). The van der Waals surface area contributed by atoms with Gasteiger partial charge in [0.2, 0.25) is 5.91 Å². The van der Waals surface area contributed by atoms with E-state index in [2.05, 4.69) is 27.1 Å². The first-order chi connectivity index (χ1) is 11.4. The number of nitrogens with zero attached hydrogens (tertiary/aromatic N) is 3. The second-order valence-corrected chi connectivity index (χ2v) is 7.75. The van der Waals surface area contributed by atoms with Crippen LogP contribution in [0.25, 0.3) is 0 Å². The van der Waals surface area contributed by atoms with Crippen LogP contribution in [0.2, 0.25) is 0 Å². The molecule has 3 amide bonds. The number of hydrogen-bond donors (Lipinski definition) is 3. The Labute approximate surface area is 149 Å². The fraction of sp³-hybridized carbons (Fsp3) is 0.647.